The minimum absolute atomic E-state index is 0.0546. The standard InChI is InChI=1S/C21H24N2O2/c1-2-25-20-11-7-6-8-18(20)12-13-21(24)23-16-14-22(15-17-23)19-9-4-3-5-10-19/h3-13H,2,14-17H2,1H3/b13-12+. The Morgan fingerprint density at radius 3 is 2.40 bits per heavy atom. The highest BCUT2D eigenvalue weighted by Crippen LogP contribution is 2.20. The Kier molecular flexibility index (Phi) is 5.73. The van der Waals surface area contributed by atoms with E-state index in [2.05, 4.69) is 17.0 Å². The van der Waals surface area contributed by atoms with Gasteiger partial charge in [0.15, 0.2) is 0 Å². The van der Waals surface area contributed by atoms with Crippen LogP contribution in [0.2, 0.25) is 0 Å². The fourth-order valence-electron chi connectivity index (χ4n) is 3.00. The summed E-state index contributed by atoms with van der Waals surface area (Å²) < 4.78 is 5.60. The molecule has 3 rings (SSSR count). The van der Waals surface area contributed by atoms with Crippen molar-refractivity contribution in [2.24, 2.45) is 0 Å². The fraction of sp³-hybridized carbons (Fsp3) is 0.286. The Bertz CT molecular complexity index is 720. The molecule has 0 atom stereocenters. The summed E-state index contributed by atoms with van der Waals surface area (Å²) in [6.07, 6.45) is 3.49. The van der Waals surface area contributed by atoms with Gasteiger partial charge < -0.3 is 14.5 Å². The highest BCUT2D eigenvalue weighted by Gasteiger charge is 2.19. The SMILES string of the molecule is CCOc1ccccc1/C=C/C(=O)N1CCN(c2ccccc2)CC1. The molecule has 0 radical (unpaired) electrons. The minimum Gasteiger partial charge on any atom is -0.493 e. The van der Waals surface area contributed by atoms with Crippen LogP contribution in [0.5, 0.6) is 5.75 Å². The van der Waals surface area contributed by atoms with Crippen LogP contribution in [-0.4, -0.2) is 43.6 Å². The Morgan fingerprint density at radius 2 is 1.68 bits per heavy atom. The van der Waals surface area contributed by atoms with Gasteiger partial charge in [-0.3, -0.25) is 4.79 Å². The van der Waals surface area contributed by atoms with Crippen LogP contribution in [0.15, 0.2) is 60.7 Å². The summed E-state index contributed by atoms with van der Waals surface area (Å²) in [7, 11) is 0. The normalized spacial score (nSPS) is 14.8. The van der Waals surface area contributed by atoms with E-state index in [1.165, 1.54) is 5.69 Å². The van der Waals surface area contributed by atoms with Crippen molar-refractivity contribution in [3.8, 4) is 5.75 Å². The van der Waals surface area contributed by atoms with Gasteiger partial charge in [0.05, 0.1) is 6.61 Å². The molecule has 2 aromatic rings. The lowest BCUT2D eigenvalue weighted by molar-refractivity contribution is -0.126. The van der Waals surface area contributed by atoms with Crippen molar-refractivity contribution in [3.63, 3.8) is 0 Å². The molecule has 0 unspecified atom stereocenters. The number of amides is 1. The number of rotatable bonds is 5. The molecule has 25 heavy (non-hydrogen) atoms. The first-order valence-corrected chi connectivity index (χ1v) is 8.76. The van der Waals surface area contributed by atoms with E-state index < -0.39 is 0 Å². The molecule has 0 aliphatic carbocycles. The lowest BCUT2D eigenvalue weighted by atomic mass is 10.2. The number of benzene rings is 2. The van der Waals surface area contributed by atoms with E-state index >= 15 is 0 Å². The molecular formula is C21H24N2O2. The Labute approximate surface area is 149 Å². The van der Waals surface area contributed by atoms with E-state index in [-0.39, 0.29) is 5.91 Å². The smallest absolute Gasteiger partial charge is 0.246 e. The summed E-state index contributed by atoms with van der Waals surface area (Å²) in [4.78, 5) is 16.7. The maximum atomic E-state index is 12.5. The van der Waals surface area contributed by atoms with Gasteiger partial charge in [-0.15, -0.1) is 0 Å². The lowest BCUT2D eigenvalue weighted by Crippen LogP contribution is -2.48. The topological polar surface area (TPSA) is 32.8 Å². The minimum atomic E-state index is 0.0546. The van der Waals surface area contributed by atoms with E-state index in [1.54, 1.807) is 6.08 Å². The molecule has 1 saturated heterocycles. The van der Waals surface area contributed by atoms with E-state index in [0.717, 1.165) is 37.5 Å². The summed E-state index contributed by atoms with van der Waals surface area (Å²) >= 11 is 0. The van der Waals surface area contributed by atoms with Gasteiger partial charge in [-0.1, -0.05) is 36.4 Å². The average Bonchev–Trinajstić information content (AvgIpc) is 2.68. The number of piperazine rings is 1. The number of hydrogen-bond acceptors (Lipinski definition) is 3. The van der Waals surface area contributed by atoms with Crippen LogP contribution in [0.1, 0.15) is 12.5 Å². The quantitative estimate of drug-likeness (QED) is 0.784. The predicted molar refractivity (Wildman–Crippen MR) is 102 cm³/mol. The number of anilines is 1. The molecule has 1 aliphatic heterocycles. The molecule has 0 aromatic heterocycles. The van der Waals surface area contributed by atoms with Gasteiger partial charge in [-0.25, -0.2) is 0 Å². The van der Waals surface area contributed by atoms with E-state index in [9.17, 15) is 4.79 Å². The van der Waals surface area contributed by atoms with Crippen LogP contribution < -0.4 is 9.64 Å². The third-order valence-electron chi connectivity index (χ3n) is 4.34. The summed E-state index contributed by atoms with van der Waals surface area (Å²) in [5.41, 5.74) is 2.15. The number of carbonyl (C=O) groups is 1. The monoisotopic (exact) mass is 336 g/mol. The van der Waals surface area contributed by atoms with E-state index in [4.69, 9.17) is 4.74 Å². The van der Waals surface area contributed by atoms with Crippen molar-refractivity contribution in [1.29, 1.82) is 0 Å². The zero-order valence-electron chi connectivity index (χ0n) is 14.6. The predicted octanol–water partition coefficient (Wildman–Crippen LogP) is 3.45. The zero-order chi connectivity index (χ0) is 17.5. The van der Waals surface area contributed by atoms with Crippen LogP contribution in [0, 0.1) is 0 Å². The molecule has 130 valence electrons. The van der Waals surface area contributed by atoms with Crippen molar-refractivity contribution in [2.75, 3.05) is 37.7 Å². The molecule has 0 bridgehead atoms. The zero-order valence-corrected chi connectivity index (χ0v) is 14.6. The Morgan fingerprint density at radius 1 is 1.00 bits per heavy atom. The van der Waals surface area contributed by atoms with Gasteiger partial charge >= 0.3 is 0 Å². The number of nitrogens with zero attached hydrogens (tertiary/aromatic N) is 2. The van der Waals surface area contributed by atoms with Crippen LogP contribution in [0.4, 0.5) is 5.69 Å². The maximum absolute atomic E-state index is 12.5. The maximum Gasteiger partial charge on any atom is 0.246 e. The molecule has 1 aliphatic rings. The lowest BCUT2D eigenvalue weighted by Gasteiger charge is -2.35. The van der Waals surface area contributed by atoms with E-state index in [0.29, 0.717) is 6.61 Å². The van der Waals surface area contributed by atoms with Gasteiger partial charge in [0.2, 0.25) is 5.91 Å². The highest BCUT2D eigenvalue weighted by atomic mass is 16.5. The summed E-state index contributed by atoms with van der Waals surface area (Å²) in [5.74, 6) is 0.863. The molecule has 4 nitrogen and oxygen atoms in total. The Balaban J connectivity index is 1.58. The molecule has 4 heteroatoms. The first kappa shape index (κ1) is 17.1. The first-order valence-electron chi connectivity index (χ1n) is 8.76. The first-order chi connectivity index (χ1) is 12.3. The second-order valence-electron chi connectivity index (χ2n) is 5.95. The third-order valence-corrected chi connectivity index (χ3v) is 4.34. The number of para-hydroxylation sites is 2. The van der Waals surface area contributed by atoms with Crippen LogP contribution in [-0.2, 0) is 4.79 Å². The summed E-state index contributed by atoms with van der Waals surface area (Å²) in [6, 6.07) is 18.1. The van der Waals surface area contributed by atoms with Crippen LogP contribution in [0.25, 0.3) is 6.08 Å². The van der Waals surface area contributed by atoms with Gasteiger partial charge in [0, 0.05) is 43.5 Å². The molecule has 2 aromatic carbocycles. The second kappa shape index (κ2) is 8.38. The van der Waals surface area contributed by atoms with Crippen LogP contribution in [0.3, 0.4) is 0 Å². The Hall–Kier alpha value is -2.75. The third kappa shape index (κ3) is 4.41. The van der Waals surface area contributed by atoms with Crippen molar-refractivity contribution >= 4 is 17.7 Å². The summed E-state index contributed by atoms with van der Waals surface area (Å²) in [6.45, 7) is 5.77. The van der Waals surface area contributed by atoms with Crippen molar-refractivity contribution in [3.05, 3.63) is 66.2 Å². The molecule has 0 saturated carbocycles. The molecule has 1 amide bonds. The summed E-state index contributed by atoms with van der Waals surface area (Å²) in [5, 5.41) is 0. The fourth-order valence-corrected chi connectivity index (χ4v) is 3.00. The average molecular weight is 336 g/mol. The number of ether oxygens (including phenoxy) is 1. The van der Waals surface area contributed by atoms with Crippen molar-refractivity contribution in [2.45, 2.75) is 6.92 Å². The largest absolute Gasteiger partial charge is 0.493 e. The van der Waals surface area contributed by atoms with Crippen molar-refractivity contribution in [1.82, 2.24) is 4.90 Å². The molecule has 0 spiro atoms. The number of hydrogen-bond donors (Lipinski definition) is 0. The molecular weight excluding hydrogens is 312 g/mol. The molecule has 0 N–H and O–H groups in total. The highest BCUT2D eigenvalue weighted by molar-refractivity contribution is 5.92. The number of carbonyl (C=O) groups excluding carboxylic acids is 1. The van der Waals surface area contributed by atoms with Crippen LogP contribution >= 0.6 is 0 Å². The second-order valence-corrected chi connectivity index (χ2v) is 5.95. The molecule has 1 heterocycles. The molecule has 1 fully saturated rings. The van der Waals surface area contributed by atoms with Gasteiger partial charge in [0.25, 0.3) is 0 Å². The van der Waals surface area contributed by atoms with Gasteiger partial charge in [-0.2, -0.15) is 0 Å². The van der Waals surface area contributed by atoms with Gasteiger partial charge in [0.1, 0.15) is 5.75 Å². The van der Waals surface area contributed by atoms with E-state index in [1.807, 2.05) is 60.4 Å². The van der Waals surface area contributed by atoms with Gasteiger partial charge in [-0.05, 0) is 31.2 Å². The van der Waals surface area contributed by atoms with Crippen molar-refractivity contribution < 1.29 is 9.53 Å².